The Morgan fingerprint density at radius 1 is 1.10 bits per heavy atom. The lowest BCUT2D eigenvalue weighted by molar-refractivity contribution is -0.385. The summed E-state index contributed by atoms with van der Waals surface area (Å²) in [5, 5.41) is 13.8. The topological polar surface area (TPSA) is 98.3 Å². The Bertz CT molecular complexity index is 1210. The first-order chi connectivity index (χ1) is 14.0. The van der Waals surface area contributed by atoms with Gasteiger partial charge < -0.3 is 9.73 Å². The van der Waals surface area contributed by atoms with Crippen molar-refractivity contribution >= 4 is 28.4 Å². The van der Waals surface area contributed by atoms with E-state index in [4.69, 9.17) is 4.42 Å². The van der Waals surface area contributed by atoms with Gasteiger partial charge in [0.2, 0.25) is 5.89 Å². The number of benzene rings is 3. The third-order valence-electron chi connectivity index (χ3n) is 4.60. The van der Waals surface area contributed by atoms with Crippen LogP contribution < -0.4 is 5.32 Å². The molecule has 0 aliphatic rings. The Labute approximate surface area is 166 Å². The van der Waals surface area contributed by atoms with E-state index in [0.29, 0.717) is 22.7 Å². The molecule has 0 spiro atoms. The lowest BCUT2D eigenvalue weighted by Gasteiger charge is -2.05. The number of rotatable bonds is 5. The van der Waals surface area contributed by atoms with E-state index in [1.165, 1.54) is 23.8 Å². The fraction of sp³-hybridized carbons (Fsp3) is 0.0909. The molecule has 7 heteroatoms. The Morgan fingerprint density at radius 3 is 2.59 bits per heavy atom. The number of para-hydroxylation sites is 1. The quantitative estimate of drug-likeness (QED) is 0.374. The predicted molar refractivity (Wildman–Crippen MR) is 110 cm³/mol. The molecule has 7 nitrogen and oxygen atoms in total. The molecule has 1 heterocycles. The van der Waals surface area contributed by atoms with Gasteiger partial charge in [0, 0.05) is 17.3 Å². The lowest BCUT2D eigenvalue weighted by atomic mass is 10.1. The summed E-state index contributed by atoms with van der Waals surface area (Å²) in [4.78, 5) is 27.6. The Morgan fingerprint density at radius 2 is 1.86 bits per heavy atom. The van der Waals surface area contributed by atoms with E-state index in [0.717, 1.165) is 12.0 Å². The molecule has 1 amide bonds. The summed E-state index contributed by atoms with van der Waals surface area (Å²) in [6.45, 7) is 2.09. The van der Waals surface area contributed by atoms with Crippen molar-refractivity contribution in [2.45, 2.75) is 13.3 Å². The first-order valence-corrected chi connectivity index (χ1v) is 9.10. The molecular weight excluding hydrogens is 370 g/mol. The SMILES string of the molecule is CCc1ccc(-c2nc3cc(NC(=O)c4ccccc4[N+](=O)[O-])ccc3o2)cc1. The van der Waals surface area contributed by atoms with Gasteiger partial charge in [-0.15, -0.1) is 0 Å². The Kier molecular flexibility index (Phi) is 4.78. The number of nitro groups is 1. The number of aromatic nitrogens is 1. The zero-order valence-electron chi connectivity index (χ0n) is 15.6. The molecule has 29 heavy (non-hydrogen) atoms. The summed E-state index contributed by atoms with van der Waals surface area (Å²) in [6.07, 6.45) is 0.955. The third-order valence-corrected chi connectivity index (χ3v) is 4.60. The van der Waals surface area contributed by atoms with Crippen molar-refractivity contribution in [2.75, 3.05) is 5.32 Å². The zero-order valence-corrected chi connectivity index (χ0v) is 15.6. The number of nitro benzene ring substituents is 1. The fourth-order valence-electron chi connectivity index (χ4n) is 3.03. The van der Waals surface area contributed by atoms with Crippen LogP contribution in [-0.4, -0.2) is 15.8 Å². The number of nitrogens with one attached hydrogen (secondary N) is 1. The summed E-state index contributed by atoms with van der Waals surface area (Å²) in [5.41, 5.74) is 3.48. The van der Waals surface area contributed by atoms with Gasteiger partial charge in [0.1, 0.15) is 11.1 Å². The van der Waals surface area contributed by atoms with Crippen LogP contribution >= 0.6 is 0 Å². The molecule has 0 radical (unpaired) electrons. The average Bonchev–Trinajstić information content (AvgIpc) is 3.17. The van der Waals surface area contributed by atoms with Crippen LogP contribution in [0, 0.1) is 10.1 Å². The summed E-state index contributed by atoms with van der Waals surface area (Å²) in [5.74, 6) is -0.0691. The molecule has 1 aromatic heterocycles. The smallest absolute Gasteiger partial charge is 0.282 e. The highest BCUT2D eigenvalue weighted by atomic mass is 16.6. The number of oxazole rings is 1. The van der Waals surface area contributed by atoms with Gasteiger partial charge in [-0.2, -0.15) is 0 Å². The number of carbonyl (C=O) groups is 1. The van der Waals surface area contributed by atoms with Crippen molar-refractivity contribution in [1.29, 1.82) is 0 Å². The first kappa shape index (κ1) is 18.4. The minimum Gasteiger partial charge on any atom is -0.436 e. The minimum absolute atomic E-state index is 0.00514. The molecule has 0 aliphatic heterocycles. The molecule has 0 atom stereocenters. The molecule has 0 unspecified atom stereocenters. The highest BCUT2D eigenvalue weighted by Gasteiger charge is 2.19. The van der Waals surface area contributed by atoms with Gasteiger partial charge in [-0.05, 0) is 48.4 Å². The summed E-state index contributed by atoms with van der Waals surface area (Å²) in [6, 6.07) is 18.9. The summed E-state index contributed by atoms with van der Waals surface area (Å²) in [7, 11) is 0. The number of fused-ring (bicyclic) bond motifs is 1. The standard InChI is InChI=1S/C22H17N3O4/c1-2-14-7-9-15(10-8-14)22-24-18-13-16(11-12-20(18)29-22)23-21(26)17-5-3-4-6-19(17)25(27)28/h3-13H,2H2,1H3,(H,23,26). The maximum Gasteiger partial charge on any atom is 0.282 e. The average molecular weight is 387 g/mol. The highest BCUT2D eigenvalue weighted by molar-refractivity contribution is 6.07. The normalized spacial score (nSPS) is 10.8. The van der Waals surface area contributed by atoms with Crippen molar-refractivity contribution in [3.05, 3.63) is 88.0 Å². The van der Waals surface area contributed by atoms with Crippen LogP contribution in [0.15, 0.2) is 71.1 Å². The molecule has 0 saturated carbocycles. The molecule has 3 aromatic carbocycles. The van der Waals surface area contributed by atoms with E-state index in [1.807, 2.05) is 24.3 Å². The molecule has 144 valence electrons. The van der Waals surface area contributed by atoms with E-state index < -0.39 is 10.8 Å². The van der Waals surface area contributed by atoms with E-state index >= 15 is 0 Å². The van der Waals surface area contributed by atoms with Crippen molar-refractivity contribution < 1.29 is 14.1 Å². The second kappa shape index (κ2) is 7.55. The van der Waals surface area contributed by atoms with Crippen LogP contribution in [0.2, 0.25) is 0 Å². The molecule has 4 aromatic rings. The van der Waals surface area contributed by atoms with E-state index in [-0.39, 0.29) is 11.3 Å². The van der Waals surface area contributed by atoms with Crippen molar-refractivity contribution in [2.24, 2.45) is 0 Å². The van der Waals surface area contributed by atoms with Gasteiger partial charge in [-0.3, -0.25) is 14.9 Å². The van der Waals surface area contributed by atoms with Gasteiger partial charge in [0.05, 0.1) is 4.92 Å². The van der Waals surface area contributed by atoms with Crippen molar-refractivity contribution in [3.63, 3.8) is 0 Å². The number of amides is 1. The second-order valence-electron chi connectivity index (χ2n) is 6.48. The highest BCUT2D eigenvalue weighted by Crippen LogP contribution is 2.27. The molecule has 0 bridgehead atoms. The fourth-order valence-corrected chi connectivity index (χ4v) is 3.03. The maximum atomic E-state index is 12.5. The van der Waals surface area contributed by atoms with Gasteiger partial charge in [0.15, 0.2) is 5.58 Å². The van der Waals surface area contributed by atoms with Crippen molar-refractivity contribution in [3.8, 4) is 11.5 Å². The first-order valence-electron chi connectivity index (χ1n) is 9.10. The van der Waals surface area contributed by atoms with E-state index in [2.05, 4.69) is 17.2 Å². The van der Waals surface area contributed by atoms with Gasteiger partial charge in [0.25, 0.3) is 11.6 Å². The molecular formula is C22H17N3O4. The number of nitrogens with zero attached hydrogens (tertiary/aromatic N) is 2. The Hall–Kier alpha value is -4.00. The van der Waals surface area contributed by atoms with E-state index in [1.54, 1.807) is 24.3 Å². The predicted octanol–water partition coefficient (Wildman–Crippen LogP) is 5.22. The second-order valence-corrected chi connectivity index (χ2v) is 6.48. The number of carbonyl (C=O) groups excluding carboxylic acids is 1. The number of hydrogen-bond acceptors (Lipinski definition) is 5. The lowest BCUT2D eigenvalue weighted by Crippen LogP contribution is -2.13. The zero-order chi connectivity index (χ0) is 20.4. The molecule has 0 fully saturated rings. The monoisotopic (exact) mass is 387 g/mol. The number of aryl methyl sites for hydroxylation is 1. The molecule has 1 N–H and O–H groups in total. The van der Waals surface area contributed by atoms with Crippen molar-refractivity contribution in [1.82, 2.24) is 4.98 Å². The van der Waals surface area contributed by atoms with Crippen LogP contribution in [0.5, 0.6) is 0 Å². The maximum absolute atomic E-state index is 12.5. The van der Waals surface area contributed by atoms with E-state index in [9.17, 15) is 14.9 Å². The van der Waals surface area contributed by atoms with Crippen LogP contribution in [-0.2, 0) is 6.42 Å². The van der Waals surface area contributed by atoms with Gasteiger partial charge >= 0.3 is 0 Å². The molecule has 0 saturated heterocycles. The summed E-state index contributed by atoms with van der Waals surface area (Å²) >= 11 is 0. The van der Waals surface area contributed by atoms with Crippen LogP contribution in [0.1, 0.15) is 22.8 Å². The minimum atomic E-state index is -0.578. The molecule has 4 rings (SSSR count). The van der Waals surface area contributed by atoms with Crippen LogP contribution in [0.3, 0.4) is 0 Å². The van der Waals surface area contributed by atoms with Crippen LogP contribution in [0.4, 0.5) is 11.4 Å². The summed E-state index contributed by atoms with van der Waals surface area (Å²) < 4.78 is 5.81. The van der Waals surface area contributed by atoms with Gasteiger partial charge in [-0.1, -0.05) is 31.2 Å². The number of anilines is 1. The Balaban J connectivity index is 1.61. The largest absolute Gasteiger partial charge is 0.436 e. The third kappa shape index (κ3) is 3.70. The van der Waals surface area contributed by atoms with Crippen LogP contribution in [0.25, 0.3) is 22.6 Å². The molecule has 0 aliphatic carbocycles. The van der Waals surface area contributed by atoms with Gasteiger partial charge in [-0.25, -0.2) is 4.98 Å². The number of hydrogen-bond donors (Lipinski definition) is 1.